The third-order valence-corrected chi connectivity index (χ3v) is 8.55. The molecule has 1 atom stereocenters. The van der Waals surface area contributed by atoms with Gasteiger partial charge in [0.05, 0.1) is 18.5 Å². The van der Waals surface area contributed by atoms with Crippen molar-refractivity contribution in [2.45, 2.75) is 52.3 Å². The maximum atomic E-state index is 13.1. The molecule has 1 fully saturated rings. The summed E-state index contributed by atoms with van der Waals surface area (Å²) >= 11 is 0. The van der Waals surface area contributed by atoms with E-state index in [2.05, 4.69) is 25.1 Å². The smallest absolute Gasteiger partial charge is 0.322 e. The lowest BCUT2D eigenvalue weighted by Gasteiger charge is -2.38. The van der Waals surface area contributed by atoms with E-state index in [0.717, 1.165) is 72.2 Å². The van der Waals surface area contributed by atoms with Crippen LogP contribution in [0.1, 0.15) is 37.8 Å². The highest BCUT2D eigenvalue weighted by Crippen LogP contribution is 2.43. The Morgan fingerprint density at radius 2 is 1.90 bits per heavy atom. The second-order valence-corrected chi connectivity index (χ2v) is 11.1. The number of carbonyl (C=O) groups is 2. The zero-order chi connectivity index (χ0) is 29.5. The fourth-order valence-corrected chi connectivity index (χ4v) is 6.26. The summed E-state index contributed by atoms with van der Waals surface area (Å²) in [4.78, 5) is 42.9. The van der Waals surface area contributed by atoms with Crippen molar-refractivity contribution >= 4 is 40.6 Å². The van der Waals surface area contributed by atoms with Crippen LogP contribution in [0, 0.1) is 6.92 Å². The zero-order valence-electron chi connectivity index (χ0n) is 24.8. The second-order valence-electron chi connectivity index (χ2n) is 11.1. The molecule has 1 N–H and O–H groups in total. The van der Waals surface area contributed by atoms with E-state index in [-0.39, 0.29) is 24.2 Å². The molecule has 6 rings (SSSR count). The topological polar surface area (TPSA) is 103 Å². The molecule has 3 aromatic rings. The Hall–Kier alpha value is -4.54. The molecule has 0 aliphatic carbocycles. The second kappa shape index (κ2) is 11.0. The van der Waals surface area contributed by atoms with Crippen molar-refractivity contribution in [3.05, 3.63) is 53.9 Å². The summed E-state index contributed by atoms with van der Waals surface area (Å²) in [6.07, 6.45) is 3.83. The molecule has 1 saturated heterocycles. The summed E-state index contributed by atoms with van der Waals surface area (Å²) in [6, 6.07) is 11.6. The van der Waals surface area contributed by atoms with Crippen LogP contribution in [0.15, 0.2) is 42.7 Å². The monoisotopic (exact) mass is 571 g/mol. The van der Waals surface area contributed by atoms with Gasteiger partial charge in [0.25, 0.3) is 0 Å². The number of piperidine rings is 1. The number of nitrogens with zero attached hydrogens (tertiary/aromatic N) is 6. The Labute approximate surface area is 246 Å². The van der Waals surface area contributed by atoms with Gasteiger partial charge in [-0.3, -0.25) is 9.69 Å². The number of hydrogen-bond acceptors (Lipinski definition) is 8. The molecule has 2 aromatic carbocycles. The first-order chi connectivity index (χ1) is 20.2. The number of fused-ring (bicyclic) bond motifs is 2. The molecule has 4 heterocycles. The molecular formula is C31H37N7O4. The van der Waals surface area contributed by atoms with Crippen LogP contribution in [-0.2, 0) is 11.2 Å². The number of ether oxygens (including phenoxy) is 2. The number of carbonyl (C=O) groups excluding carboxylic acids is 2. The van der Waals surface area contributed by atoms with Crippen LogP contribution in [0.2, 0.25) is 0 Å². The van der Waals surface area contributed by atoms with E-state index >= 15 is 0 Å². The quantitative estimate of drug-likeness (QED) is 0.470. The fraction of sp³-hybridized carbons (Fsp3) is 0.419. The molecular weight excluding hydrogens is 534 g/mol. The number of urea groups is 1. The summed E-state index contributed by atoms with van der Waals surface area (Å²) in [6.45, 7) is 7.68. The van der Waals surface area contributed by atoms with Gasteiger partial charge in [-0.25, -0.2) is 14.8 Å². The first-order valence-electron chi connectivity index (χ1n) is 14.4. The highest BCUT2D eigenvalue weighted by atomic mass is 16.5. The summed E-state index contributed by atoms with van der Waals surface area (Å²) in [5.41, 5.74) is 4.68. The average molecular weight is 572 g/mol. The molecule has 3 aliphatic heterocycles. The average Bonchev–Trinajstić information content (AvgIpc) is 3.16. The predicted octanol–water partition coefficient (Wildman–Crippen LogP) is 4.71. The van der Waals surface area contributed by atoms with Crippen molar-refractivity contribution in [3.63, 3.8) is 0 Å². The van der Waals surface area contributed by atoms with Gasteiger partial charge in [0, 0.05) is 57.5 Å². The molecule has 0 bridgehead atoms. The minimum absolute atomic E-state index is 0.0620. The Morgan fingerprint density at radius 1 is 1.12 bits per heavy atom. The number of aryl methyl sites for hydroxylation is 1. The SMILES string of the molecule is COc1ccc2c(c1)CCN(C1CCN(c3cc(N(C(C)=O)c4cc(C)c5c(c4)OC(C)N5C)ncn3)CC1)C(=O)N2. The first kappa shape index (κ1) is 27.6. The number of anilines is 5. The van der Waals surface area contributed by atoms with Crippen LogP contribution in [-0.4, -0.2) is 72.9 Å². The molecule has 0 spiro atoms. The third-order valence-electron chi connectivity index (χ3n) is 8.55. The minimum atomic E-state index is -0.150. The van der Waals surface area contributed by atoms with Crippen LogP contribution in [0.4, 0.5) is 33.5 Å². The van der Waals surface area contributed by atoms with Gasteiger partial charge in [-0.1, -0.05) is 0 Å². The number of hydrogen-bond donors (Lipinski definition) is 1. The molecule has 220 valence electrons. The lowest BCUT2D eigenvalue weighted by atomic mass is 10.0. The van der Waals surface area contributed by atoms with Crippen LogP contribution in [0.5, 0.6) is 11.5 Å². The third kappa shape index (κ3) is 5.03. The van der Waals surface area contributed by atoms with Gasteiger partial charge in [0.1, 0.15) is 29.5 Å². The molecule has 1 unspecified atom stereocenters. The largest absolute Gasteiger partial charge is 0.497 e. The molecule has 1 aromatic heterocycles. The first-order valence-corrected chi connectivity index (χ1v) is 14.4. The van der Waals surface area contributed by atoms with Crippen molar-refractivity contribution in [3.8, 4) is 11.5 Å². The zero-order valence-corrected chi connectivity index (χ0v) is 24.8. The highest BCUT2D eigenvalue weighted by molar-refractivity contribution is 5.99. The number of nitrogens with one attached hydrogen (secondary N) is 1. The van der Waals surface area contributed by atoms with E-state index in [1.165, 1.54) is 13.3 Å². The maximum Gasteiger partial charge on any atom is 0.322 e. The molecule has 11 heteroatoms. The van der Waals surface area contributed by atoms with Crippen molar-refractivity contribution in [1.29, 1.82) is 0 Å². The Morgan fingerprint density at radius 3 is 2.64 bits per heavy atom. The van der Waals surface area contributed by atoms with Gasteiger partial charge < -0.3 is 29.5 Å². The standard InChI is InChI=1S/C31H37N7O4/c1-19-14-24(16-27-30(19)35(4)21(3)42-27)38(20(2)39)29-17-28(32-18-33-29)36-11-9-23(10-12-36)37-13-8-22-15-25(41-5)6-7-26(22)34-31(37)40/h6-7,14-18,21,23H,8-13H2,1-5H3,(H,34,40). The number of rotatable bonds is 5. The van der Waals surface area contributed by atoms with Crippen molar-refractivity contribution in [2.24, 2.45) is 0 Å². The number of aromatic nitrogens is 2. The molecule has 42 heavy (non-hydrogen) atoms. The van der Waals surface area contributed by atoms with E-state index in [1.54, 1.807) is 12.0 Å². The normalized spacial score (nSPS) is 18.5. The van der Waals surface area contributed by atoms with Gasteiger partial charge >= 0.3 is 6.03 Å². The van der Waals surface area contributed by atoms with Gasteiger partial charge in [-0.05, 0) is 68.5 Å². The summed E-state index contributed by atoms with van der Waals surface area (Å²) in [5.74, 6) is 2.66. The maximum absolute atomic E-state index is 13.1. The molecule has 0 radical (unpaired) electrons. The molecule has 0 saturated carbocycles. The van der Waals surface area contributed by atoms with E-state index in [4.69, 9.17) is 9.47 Å². The number of benzene rings is 2. The minimum Gasteiger partial charge on any atom is -0.497 e. The Bertz CT molecular complexity index is 1520. The van der Waals surface area contributed by atoms with E-state index in [9.17, 15) is 9.59 Å². The lowest BCUT2D eigenvalue weighted by molar-refractivity contribution is -0.115. The van der Waals surface area contributed by atoms with Crippen molar-refractivity contribution < 1.29 is 19.1 Å². The summed E-state index contributed by atoms with van der Waals surface area (Å²) in [5, 5.41) is 3.08. The van der Waals surface area contributed by atoms with E-state index < -0.39 is 0 Å². The van der Waals surface area contributed by atoms with Gasteiger partial charge in [0.2, 0.25) is 5.91 Å². The van der Waals surface area contributed by atoms with Crippen LogP contribution in [0.3, 0.4) is 0 Å². The van der Waals surface area contributed by atoms with Gasteiger partial charge in [-0.2, -0.15) is 0 Å². The predicted molar refractivity (Wildman–Crippen MR) is 162 cm³/mol. The summed E-state index contributed by atoms with van der Waals surface area (Å²) < 4.78 is 11.4. The van der Waals surface area contributed by atoms with Crippen LogP contribution in [0.25, 0.3) is 0 Å². The van der Waals surface area contributed by atoms with Crippen molar-refractivity contribution in [1.82, 2.24) is 14.9 Å². The Balaban J connectivity index is 1.16. The highest BCUT2D eigenvalue weighted by Gasteiger charge is 2.32. The molecule has 3 aliphatic rings. The number of amides is 3. The van der Waals surface area contributed by atoms with Crippen LogP contribution < -0.4 is 29.5 Å². The molecule has 11 nitrogen and oxygen atoms in total. The molecule has 3 amide bonds. The number of methoxy groups -OCH3 is 1. The summed E-state index contributed by atoms with van der Waals surface area (Å²) in [7, 11) is 3.65. The van der Waals surface area contributed by atoms with E-state index in [1.807, 2.05) is 62.2 Å². The lowest BCUT2D eigenvalue weighted by Crippen LogP contribution is -2.49. The van der Waals surface area contributed by atoms with E-state index in [0.29, 0.717) is 18.1 Å². The fourth-order valence-electron chi connectivity index (χ4n) is 6.26. The van der Waals surface area contributed by atoms with Crippen LogP contribution >= 0.6 is 0 Å². The van der Waals surface area contributed by atoms with Gasteiger partial charge in [-0.15, -0.1) is 0 Å². The van der Waals surface area contributed by atoms with Crippen molar-refractivity contribution in [2.75, 3.05) is 53.8 Å². The van der Waals surface area contributed by atoms with Gasteiger partial charge in [0.15, 0.2) is 6.23 Å². The Kier molecular flexibility index (Phi) is 7.26.